The molecule has 0 aromatic heterocycles. The number of hydrogen-bond acceptors (Lipinski definition) is 2. The van der Waals surface area contributed by atoms with E-state index in [9.17, 15) is 8.42 Å². The van der Waals surface area contributed by atoms with E-state index in [1.165, 1.54) is 0 Å². The molecule has 3 nitrogen and oxygen atoms in total. The van der Waals surface area contributed by atoms with E-state index in [1.807, 2.05) is 0 Å². The molecule has 0 aliphatic rings. The van der Waals surface area contributed by atoms with Crippen LogP contribution >= 0.6 is 0 Å². The first-order valence-corrected chi connectivity index (χ1v) is 4.72. The fourth-order valence-corrected chi connectivity index (χ4v) is 0.981. The Morgan fingerprint density at radius 3 is 2.50 bits per heavy atom. The van der Waals surface area contributed by atoms with Crippen LogP contribution < -0.4 is 5.14 Å². The molecule has 10 heavy (non-hydrogen) atoms. The molecule has 1 atom stereocenters. The molecular weight excluding hydrogens is 150 g/mol. The van der Waals surface area contributed by atoms with Crippen molar-refractivity contribution < 1.29 is 8.42 Å². The van der Waals surface area contributed by atoms with Gasteiger partial charge in [-0.15, -0.1) is 6.58 Å². The maximum Gasteiger partial charge on any atom is 0.211 e. The third-order valence-corrected chi connectivity index (χ3v) is 2.70. The fraction of sp³-hybridized carbons (Fsp3) is 0.667. The Bertz CT molecular complexity index is 196. The number of primary sulfonamides is 1. The summed E-state index contributed by atoms with van der Waals surface area (Å²) in [5.74, 6) is 0. The van der Waals surface area contributed by atoms with Gasteiger partial charge < -0.3 is 0 Å². The van der Waals surface area contributed by atoms with Crippen LogP contribution in [0.2, 0.25) is 0 Å². The Balaban J connectivity index is 3.86. The number of allylic oxidation sites excluding steroid dienone is 1. The molecule has 0 bridgehead atoms. The average molecular weight is 163 g/mol. The molecule has 0 aliphatic heterocycles. The molecule has 60 valence electrons. The van der Waals surface area contributed by atoms with E-state index in [0.29, 0.717) is 12.8 Å². The van der Waals surface area contributed by atoms with Gasteiger partial charge in [0.15, 0.2) is 0 Å². The first-order valence-electron chi connectivity index (χ1n) is 3.11. The molecule has 0 spiro atoms. The van der Waals surface area contributed by atoms with Crippen molar-refractivity contribution in [2.45, 2.75) is 25.0 Å². The normalized spacial score (nSPS) is 14.6. The first kappa shape index (κ1) is 9.65. The van der Waals surface area contributed by atoms with E-state index < -0.39 is 15.3 Å². The summed E-state index contributed by atoms with van der Waals surface area (Å²) < 4.78 is 21.2. The van der Waals surface area contributed by atoms with Crippen LogP contribution in [0.4, 0.5) is 0 Å². The summed E-state index contributed by atoms with van der Waals surface area (Å²) in [5, 5.41) is 4.40. The third kappa shape index (κ3) is 3.63. The molecule has 0 rings (SSSR count). The molecule has 4 heteroatoms. The summed E-state index contributed by atoms with van der Waals surface area (Å²) in [6, 6.07) is 0. The third-order valence-electron chi connectivity index (χ3n) is 1.34. The van der Waals surface area contributed by atoms with Crippen molar-refractivity contribution in [3.8, 4) is 0 Å². The van der Waals surface area contributed by atoms with E-state index >= 15 is 0 Å². The summed E-state index contributed by atoms with van der Waals surface area (Å²) in [5.41, 5.74) is 0. The summed E-state index contributed by atoms with van der Waals surface area (Å²) in [6.45, 7) is 5.08. The summed E-state index contributed by atoms with van der Waals surface area (Å²) >= 11 is 0. The predicted octanol–water partition coefficient (Wildman–Crippen LogP) is 0.630. The van der Waals surface area contributed by atoms with Crippen LogP contribution in [0.3, 0.4) is 0 Å². The number of hydrogen-bond donors (Lipinski definition) is 1. The van der Waals surface area contributed by atoms with Crippen molar-refractivity contribution in [2.24, 2.45) is 5.14 Å². The van der Waals surface area contributed by atoms with Crippen molar-refractivity contribution in [2.75, 3.05) is 0 Å². The van der Waals surface area contributed by atoms with E-state index in [4.69, 9.17) is 5.14 Å². The van der Waals surface area contributed by atoms with Gasteiger partial charge in [-0.2, -0.15) is 0 Å². The van der Waals surface area contributed by atoms with E-state index in [0.717, 1.165) is 0 Å². The lowest BCUT2D eigenvalue weighted by Crippen LogP contribution is -2.25. The van der Waals surface area contributed by atoms with Crippen molar-refractivity contribution in [3.63, 3.8) is 0 Å². The molecule has 0 aromatic rings. The van der Waals surface area contributed by atoms with Gasteiger partial charge in [0.2, 0.25) is 10.0 Å². The molecule has 0 fully saturated rings. The maximum atomic E-state index is 10.6. The van der Waals surface area contributed by atoms with Crippen LogP contribution in [0.1, 0.15) is 19.8 Å². The molecule has 0 heterocycles. The SMILES string of the molecule is C=CCC[C@@H](C)S(N)(=O)=O. The largest absolute Gasteiger partial charge is 0.228 e. The van der Waals surface area contributed by atoms with Crippen LogP contribution in [0.15, 0.2) is 12.7 Å². The van der Waals surface area contributed by atoms with Gasteiger partial charge in [0.25, 0.3) is 0 Å². The van der Waals surface area contributed by atoms with Crippen molar-refractivity contribution in [1.29, 1.82) is 0 Å². The Labute approximate surface area is 62.0 Å². The molecule has 0 saturated heterocycles. The molecule has 0 aromatic carbocycles. The number of rotatable bonds is 4. The standard InChI is InChI=1S/C6H13NO2S/c1-3-4-5-6(2)10(7,8)9/h3,6H,1,4-5H2,2H3,(H2,7,8,9)/t6-/m1/s1. The summed E-state index contributed by atoms with van der Waals surface area (Å²) in [7, 11) is -3.32. The summed E-state index contributed by atoms with van der Waals surface area (Å²) in [6.07, 6.45) is 2.93. The Morgan fingerprint density at radius 1 is 1.70 bits per heavy atom. The molecule has 0 saturated carbocycles. The first-order chi connectivity index (χ1) is 4.48. The Hall–Kier alpha value is -0.350. The van der Waals surface area contributed by atoms with Crippen molar-refractivity contribution in [1.82, 2.24) is 0 Å². The lowest BCUT2D eigenvalue weighted by molar-refractivity contribution is 0.580. The minimum absolute atomic E-state index is 0.453. The fourth-order valence-electron chi connectivity index (χ4n) is 0.517. The van der Waals surface area contributed by atoms with Crippen LogP contribution in [-0.2, 0) is 10.0 Å². The lowest BCUT2D eigenvalue weighted by Gasteiger charge is -2.05. The molecule has 0 radical (unpaired) electrons. The van der Waals surface area contributed by atoms with Gasteiger partial charge in [0.1, 0.15) is 0 Å². The van der Waals surface area contributed by atoms with E-state index in [2.05, 4.69) is 6.58 Å². The monoisotopic (exact) mass is 163 g/mol. The van der Waals surface area contributed by atoms with Gasteiger partial charge >= 0.3 is 0 Å². The smallest absolute Gasteiger partial charge is 0.211 e. The molecule has 0 unspecified atom stereocenters. The Morgan fingerprint density at radius 2 is 2.20 bits per heavy atom. The topological polar surface area (TPSA) is 60.2 Å². The zero-order valence-corrected chi connectivity index (χ0v) is 6.89. The van der Waals surface area contributed by atoms with Gasteiger partial charge in [0, 0.05) is 0 Å². The van der Waals surface area contributed by atoms with Gasteiger partial charge in [-0.1, -0.05) is 6.08 Å². The molecule has 0 amide bonds. The predicted molar refractivity (Wildman–Crippen MR) is 42.0 cm³/mol. The van der Waals surface area contributed by atoms with Gasteiger partial charge in [-0.05, 0) is 19.8 Å². The summed E-state index contributed by atoms with van der Waals surface area (Å²) in [4.78, 5) is 0. The second kappa shape index (κ2) is 3.73. The van der Waals surface area contributed by atoms with Crippen LogP contribution in [0.25, 0.3) is 0 Å². The van der Waals surface area contributed by atoms with Crippen LogP contribution in [0.5, 0.6) is 0 Å². The minimum Gasteiger partial charge on any atom is -0.228 e. The van der Waals surface area contributed by atoms with Crippen LogP contribution in [0, 0.1) is 0 Å². The highest BCUT2D eigenvalue weighted by molar-refractivity contribution is 7.89. The number of sulfonamides is 1. The zero-order valence-electron chi connectivity index (χ0n) is 6.08. The number of nitrogens with two attached hydrogens (primary N) is 1. The average Bonchev–Trinajstić information content (AvgIpc) is 1.80. The zero-order chi connectivity index (χ0) is 8.20. The van der Waals surface area contributed by atoms with E-state index in [1.54, 1.807) is 13.0 Å². The van der Waals surface area contributed by atoms with Gasteiger partial charge in [-0.25, -0.2) is 13.6 Å². The van der Waals surface area contributed by atoms with Crippen molar-refractivity contribution in [3.05, 3.63) is 12.7 Å². The maximum absolute atomic E-state index is 10.6. The highest BCUT2D eigenvalue weighted by atomic mass is 32.2. The molecule has 0 aliphatic carbocycles. The van der Waals surface area contributed by atoms with Crippen molar-refractivity contribution >= 4 is 10.0 Å². The minimum atomic E-state index is -3.32. The molecular formula is C6H13NO2S. The second-order valence-electron chi connectivity index (χ2n) is 2.27. The Kier molecular flexibility index (Phi) is 3.60. The van der Waals surface area contributed by atoms with Gasteiger partial charge in [0.05, 0.1) is 5.25 Å². The van der Waals surface area contributed by atoms with E-state index in [-0.39, 0.29) is 0 Å². The highest BCUT2D eigenvalue weighted by Gasteiger charge is 2.13. The van der Waals surface area contributed by atoms with Gasteiger partial charge in [-0.3, -0.25) is 0 Å². The lowest BCUT2D eigenvalue weighted by atomic mass is 10.2. The molecule has 2 N–H and O–H groups in total. The second-order valence-corrected chi connectivity index (χ2v) is 4.25. The highest BCUT2D eigenvalue weighted by Crippen LogP contribution is 2.03. The van der Waals surface area contributed by atoms with Crippen LogP contribution in [-0.4, -0.2) is 13.7 Å². The quantitative estimate of drug-likeness (QED) is 0.618.